The van der Waals surface area contributed by atoms with Crippen LogP contribution >= 0.6 is 0 Å². The summed E-state index contributed by atoms with van der Waals surface area (Å²) in [6.45, 7) is 1.77. The molecule has 2 heterocycles. The van der Waals surface area contributed by atoms with Crippen molar-refractivity contribution in [2.45, 2.75) is 0 Å². The Morgan fingerprint density at radius 3 is 2.92 bits per heavy atom. The highest BCUT2D eigenvalue weighted by molar-refractivity contribution is 5.52. The molecule has 13 heavy (non-hydrogen) atoms. The first-order valence-corrected chi connectivity index (χ1v) is 4.31. The van der Waals surface area contributed by atoms with Gasteiger partial charge in [-0.05, 0) is 12.1 Å². The van der Waals surface area contributed by atoms with E-state index in [4.69, 9.17) is 5.11 Å². The van der Waals surface area contributed by atoms with Crippen LogP contribution in [0.2, 0.25) is 0 Å². The summed E-state index contributed by atoms with van der Waals surface area (Å²) >= 11 is 0. The Balaban J connectivity index is 2.07. The lowest BCUT2D eigenvalue weighted by atomic mass is 10.0. The van der Waals surface area contributed by atoms with Crippen LogP contribution in [0.5, 0.6) is 5.75 Å². The Morgan fingerprint density at radius 1 is 1.54 bits per heavy atom. The van der Waals surface area contributed by atoms with Gasteiger partial charge < -0.3 is 15.1 Å². The average Bonchev–Trinajstić information content (AvgIpc) is 2.06. The molecule has 1 saturated heterocycles. The Hall–Kier alpha value is -1.29. The smallest absolute Gasteiger partial charge is 0.171 e. The minimum Gasteiger partial charge on any atom is -0.504 e. The number of aromatic nitrogens is 1. The Bertz CT molecular complexity index is 297. The summed E-state index contributed by atoms with van der Waals surface area (Å²) in [5.41, 5.74) is 0. The van der Waals surface area contributed by atoms with Gasteiger partial charge >= 0.3 is 0 Å². The fourth-order valence-corrected chi connectivity index (χ4v) is 1.49. The predicted octanol–water partition coefficient (Wildman–Crippen LogP) is 0.216. The van der Waals surface area contributed by atoms with E-state index in [0.29, 0.717) is 11.7 Å². The molecule has 4 nitrogen and oxygen atoms in total. The lowest BCUT2D eigenvalue weighted by molar-refractivity contribution is 0.199. The van der Waals surface area contributed by atoms with Gasteiger partial charge in [-0.2, -0.15) is 0 Å². The van der Waals surface area contributed by atoms with Gasteiger partial charge in [-0.15, -0.1) is 0 Å². The predicted molar refractivity (Wildman–Crippen MR) is 48.7 cm³/mol. The van der Waals surface area contributed by atoms with E-state index >= 15 is 0 Å². The zero-order valence-corrected chi connectivity index (χ0v) is 7.22. The van der Waals surface area contributed by atoms with Gasteiger partial charge in [0, 0.05) is 31.8 Å². The Morgan fingerprint density at radius 2 is 2.31 bits per heavy atom. The highest BCUT2D eigenvalue weighted by Crippen LogP contribution is 2.29. The maximum absolute atomic E-state index is 9.44. The topological polar surface area (TPSA) is 56.6 Å². The maximum atomic E-state index is 9.44. The van der Waals surface area contributed by atoms with Crippen molar-refractivity contribution in [3.05, 3.63) is 18.3 Å². The lowest BCUT2D eigenvalue weighted by Crippen LogP contribution is -2.48. The van der Waals surface area contributed by atoms with E-state index < -0.39 is 0 Å². The monoisotopic (exact) mass is 180 g/mol. The summed E-state index contributed by atoms with van der Waals surface area (Å²) in [4.78, 5) is 6.02. The number of rotatable bonds is 2. The van der Waals surface area contributed by atoms with Crippen LogP contribution in [0.1, 0.15) is 0 Å². The number of anilines is 1. The highest BCUT2D eigenvalue weighted by atomic mass is 16.3. The van der Waals surface area contributed by atoms with Gasteiger partial charge in [0.15, 0.2) is 11.6 Å². The molecule has 1 fully saturated rings. The molecule has 1 aliphatic rings. The first kappa shape index (κ1) is 8.31. The largest absolute Gasteiger partial charge is 0.504 e. The van der Waals surface area contributed by atoms with Crippen LogP contribution in [0.15, 0.2) is 18.3 Å². The van der Waals surface area contributed by atoms with Crippen LogP contribution in [0.25, 0.3) is 0 Å². The normalized spacial score (nSPS) is 17.2. The molecule has 4 heteroatoms. The third kappa shape index (κ3) is 1.45. The van der Waals surface area contributed by atoms with Crippen LogP contribution in [-0.2, 0) is 0 Å². The van der Waals surface area contributed by atoms with Gasteiger partial charge in [0.1, 0.15) is 0 Å². The second kappa shape index (κ2) is 3.22. The third-order valence-corrected chi connectivity index (χ3v) is 2.28. The van der Waals surface area contributed by atoms with Crippen molar-refractivity contribution in [2.24, 2.45) is 5.92 Å². The zero-order valence-electron chi connectivity index (χ0n) is 7.22. The zero-order chi connectivity index (χ0) is 9.26. The van der Waals surface area contributed by atoms with Crippen LogP contribution < -0.4 is 4.90 Å². The first-order chi connectivity index (χ1) is 6.31. The van der Waals surface area contributed by atoms with Gasteiger partial charge in [-0.3, -0.25) is 0 Å². The molecule has 0 aliphatic carbocycles. The molecule has 0 radical (unpaired) electrons. The van der Waals surface area contributed by atoms with E-state index in [1.165, 1.54) is 0 Å². The van der Waals surface area contributed by atoms with Crippen molar-refractivity contribution >= 4 is 5.82 Å². The molecule has 0 spiro atoms. The first-order valence-electron chi connectivity index (χ1n) is 4.31. The van der Waals surface area contributed by atoms with Crippen molar-refractivity contribution in [3.63, 3.8) is 0 Å². The molecule has 0 saturated carbocycles. The maximum Gasteiger partial charge on any atom is 0.171 e. The van der Waals surface area contributed by atoms with Crippen LogP contribution in [0.4, 0.5) is 5.82 Å². The molecule has 0 amide bonds. The van der Waals surface area contributed by atoms with Crippen molar-refractivity contribution in [3.8, 4) is 5.75 Å². The molecule has 2 N–H and O–H groups in total. The van der Waals surface area contributed by atoms with Gasteiger partial charge in [0.05, 0.1) is 0 Å². The van der Waals surface area contributed by atoms with Crippen molar-refractivity contribution in [2.75, 3.05) is 24.6 Å². The van der Waals surface area contributed by atoms with E-state index in [-0.39, 0.29) is 12.4 Å². The molecule has 0 bridgehead atoms. The molecule has 0 aromatic carbocycles. The molecular formula is C9H12N2O2. The summed E-state index contributed by atoms with van der Waals surface area (Å²) in [5, 5.41) is 18.2. The van der Waals surface area contributed by atoms with Gasteiger partial charge in [-0.1, -0.05) is 0 Å². The van der Waals surface area contributed by atoms with E-state index in [9.17, 15) is 5.11 Å². The van der Waals surface area contributed by atoms with E-state index in [1.807, 2.05) is 4.90 Å². The fourth-order valence-electron chi connectivity index (χ4n) is 1.49. The quantitative estimate of drug-likeness (QED) is 0.683. The second-order valence-corrected chi connectivity index (χ2v) is 3.30. The second-order valence-electron chi connectivity index (χ2n) is 3.30. The standard InChI is InChI=1S/C9H12N2O2/c12-6-7-4-11(5-7)9-8(13)2-1-3-10-9/h1-3,7,12-13H,4-6H2. The highest BCUT2D eigenvalue weighted by Gasteiger charge is 2.28. The Kier molecular flexibility index (Phi) is 2.06. The van der Waals surface area contributed by atoms with E-state index in [0.717, 1.165) is 13.1 Å². The number of pyridine rings is 1. The molecule has 1 aromatic rings. The number of aliphatic hydroxyl groups is 1. The summed E-state index contributed by atoms with van der Waals surface area (Å²) in [7, 11) is 0. The van der Waals surface area contributed by atoms with E-state index in [1.54, 1.807) is 18.3 Å². The van der Waals surface area contributed by atoms with Crippen LogP contribution in [0.3, 0.4) is 0 Å². The minimum atomic E-state index is 0.207. The summed E-state index contributed by atoms with van der Waals surface area (Å²) < 4.78 is 0. The molecule has 0 atom stereocenters. The number of nitrogens with zero attached hydrogens (tertiary/aromatic N) is 2. The number of aromatic hydroxyl groups is 1. The van der Waals surface area contributed by atoms with Crippen LogP contribution in [-0.4, -0.2) is 34.9 Å². The summed E-state index contributed by atoms with van der Waals surface area (Å²) in [6, 6.07) is 3.32. The van der Waals surface area contributed by atoms with Crippen molar-refractivity contribution in [1.82, 2.24) is 4.98 Å². The number of aliphatic hydroxyl groups excluding tert-OH is 1. The van der Waals surface area contributed by atoms with E-state index in [2.05, 4.69) is 4.98 Å². The molecule has 1 aromatic heterocycles. The molecular weight excluding hydrogens is 168 g/mol. The number of hydrogen-bond acceptors (Lipinski definition) is 4. The summed E-state index contributed by atoms with van der Waals surface area (Å²) in [5.74, 6) is 1.16. The van der Waals surface area contributed by atoms with Gasteiger partial charge in [0.25, 0.3) is 0 Å². The molecule has 2 rings (SSSR count). The third-order valence-electron chi connectivity index (χ3n) is 2.28. The lowest BCUT2D eigenvalue weighted by Gasteiger charge is -2.39. The molecule has 70 valence electrons. The van der Waals surface area contributed by atoms with Crippen molar-refractivity contribution < 1.29 is 10.2 Å². The van der Waals surface area contributed by atoms with Crippen LogP contribution in [0, 0.1) is 5.92 Å². The van der Waals surface area contributed by atoms with Gasteiger partial charge in [0.2, 0.25) is 0 Å². The van der Waals surface area contributed by atoms with Gasteiger partial charge in [-0.25, -0.2) is 4.98 Å². The SMILES string of the molecule is OCC1CN(c2ncccc2O)C1. The average molecular weight is 180 g/mol. The molecule has 1 aliphatic heterocycles. The molecule has 0 unspecified atom stereocenters. The minimum absolute atomic E-state index is 0.207. The Labute approximate surface area is 76.5 Å². The fraction of sp³-hybridized carbons (Fsp3) is 0.444. The summed E-state index contributed by atoms with van der Waals surface area (Å²) in [6.07, 6.45) is 1.65. The number of hydrogen-bond donors (Lipinski definition) is 2. The van der Waals surface area contributed by atoms with Crippen molar-refractivity contribution in [1.29, 1.82) is 0 Å².